The van der Waals surface area contributed by atoms with Gasteiger partial charge >= 0.3 is 6.03 Å². The first-order valence-corrected chi connectivity index (χ1v) is 7.88. The highest BCUT2D eigenvalue weighted by atomic mass is 35.5. The van der Waals surface area contributed by atoms with E-state index in [9.17, 15) is 4.79 Å². The zero-order valence-corrected chi connectivity index (χ0v) is 14.5. The molecular weight excluding hydrogens is 324 g/mol. The normalized spacial score (nSPS) is 16.1. The first-order valence-electron chi connectivity index (χ1n) is 7.51. The molecule has 5 nitrogen and oxygen atoms in total. The van der Waals surface area contributed by atoms with Crippen LogP contribution in [0.25, 0.3) is 0 Å². The zero-order valence-electron chi connectivity index (χ0n) is 13.7. The molecule has 6 heteroatoms. The van der Waals surface area contributed by atoms with Gasteiger partial charge in [-0.3, -0.25) is 9.88 Å². The number of pyridine rings is 2. The summed E-state index contributed by atoms with van der Waals surface area (Å²) in [6, 6.07) is 5.38. The summed E-state index contributed by atoms with van der Waals surface area (Å²) in [7, 11) is 1.81. The van der Waals surface area contributed by atoms with Gasteiger partial charge in [-0.15, -0.1) is 0 Å². The molecule has 3 rings (SSSR count). The molecule has 1 aliphatic heterocycles. The number of aromatic nitrogens is 2. The molecule has 0 aliphatic carbocycles. The Hall–Kier alpha value is -2.58. The third kappa shape index (κ3) is 3.19. The fourth-order valence-corrected chi connectivity index (χ4v) is 2.60. The van der Waals surface area contributed by atoms with Gasteiger partial charge in [0.25, 0.3) is 0 Å². The second kappa shape index (κ2) is 6.14. The summed E-state index contributed by atoms with van der Waals surface area (Å²) in [5.41, 5.74) is 1.29. The lowest BCUT2D eigenvalue weighted by Gasteiger charge is -2.24. The molecular formula is C18H17ClN4O. The van der Waals surface area contributed by atoms with E-state index in [1.807, 2.05) is 26.0 Å². The maximum atomic E-state index is 12.3. The minimum atomic E-state index is -0.211. The van der Waals surface area contributed by atoms with Crippen molar-refractivity contribution in [1.29, 1.82) is 0 Å². The Balaban J connectivity index is 1.79. The average molecular weight is 341 g/mol. The van der Waals surface area contributed by atoms with Crippen molar-refractivity contribution in [2.75, 3.05) is 18.5 Å². The van der Waals surface area contributed by atoms with E-state index < -0.39 is 0 Å². The molecule has 0 aromatic carbocycles. The third-order valence-corrected chi connectivity index (χ3v) is 4.26. The number of likely N-dealkylation sites (N-methyl/N-ethyl adjacent to an activating group) is 1. The van der Waals surface area contributed by atoms with Crippen LogP contribution in [0.3, 0.4) is 0 Å². The highest BCUT2D eigenvalue weighted by molar-refractivity contribution is 6.30. The number of amides is 2. The maximum absolute atomic E-state index is 12.3. The van der Waals surface area contributed by atoms with Gasteiger partial charge in [-0.2, -0.15) is 0 Å². The number of carbonyl (C=O) groups is 1. The van der Waals surface area contributed by atoms with Gasteiger partial charge in [0.05, 0.1) is 17.1 Å². The Kier molecular flexibility index (Phi) is 4.16. The topological polar surface area (TPSA) is 49.3 Å². The van der Waals surface area contributed by atoms with Gasteiger partial charge in [0, 0.05) is 36.8 Å². The summed E-state index contributed by atoms with van der Waals surface area (Å²) < 4.78 is 0. The Morgan fingerprint density at radius 3 is 2.50 bits per heavy atom. The van der Waals surface area contributed by atoms with Gasteiger partial charge in [-0.1, -0.05) is 23.4 Å². The van der Waals surface area contributed by atoms with E-state index in [-0.39, 0.29) is 11.6 Å². The van der Waals surface area contributed by atoms with Crippen LogP contribution in [0, 0.1) is 11.8 Å². The van der Waals surface area contributed by atoms with E-state index in [4.69, 9.17) is 11.6 Å². The first kappa shape index (κ1) is 16.3. The highest BCUT2D eigenvalue weighted by Crippen LogP contribution is 2.27. The van der Waals surface area contributed by atoms with Crippen LogP contribution < -0.4 is 4.90 Å². The number of hydrogen-bond acceptors (Lipinski definition) is 3. The number of halogens is 1. The Labute approximate surface area is 146 Å². The third-order valence-electron chi connectivity index (χ3n) is 4.05. The van der Waals surface area contributed by atoms with E-state index in [0.717, 1.165) is 11.1 Å². The first-order chi connectivity index (χ1) is 11.4. The monoisotopic (exact) mass is 340 g/mol. The second-order valence-electron chi connectivity index (χ2n) is 6.29. The summed E-state index contributed by atoms with van der Waals surface area (Å²) >= 11 is 5.88. The van der Waals surface area contributed by atoms with Crippen LogP contribution in [-0.2, 0) is 0 Å². The molecule has 3 heterocycles. The summed E-state index contributed by atoms with van der Waals surface area (Å²) in [6.07, 6.45) is 4.88. The van der Waals surface area contributed by atoms with Crippen LogP contribution in [0.2, 0.25) is 5.02 Å². The van der Waals surface area contributed by atoms with Crippen molar-refractivity contribution in [2.24, 2.45) is 0 Å². The molecule has 0 spiro atoms. The van der Waals surface area contributed by atoms with E-state index in [1.54, 1.807) is 41.5 Å². The molecule has 0 atom stereocenters. The molecule has 24 heavy (non-hydrogen) atoms. The van der Waals surface area contributed by atoms with Crippen molar-refractivity contribution in [3.63, 3.8) is 0 Å². The number of hydrogen-bond donors (Lipinski definition) is 0. The maximum Gasteiger partial charge on any atom is 0.325 e. The van der Waals surface area contributed by atoms with Crippen LogP contribution in [-0.4, -0.2) is 40.0 Å². The standard InChI is InChI=1S/C18H17ClN4O/c1-18(2)12-23(17(24)22(18)3)16-7-6-13(10-21-16)4-5-14-8-15(19)11-20-9-14/h6-11H,12H2,1-3H3. The van der Waals surface area contributed by atoms with Crippen LogP contribution in [0.4, 0.5) is 10.6 Å². The van der Waals surface area contributed by atoms with E-state index in [2.05, 4.69) is 21.8 Å². The van der Waals surface area contributed by atoms with Gasteiger partial charge in [-0.25, -0.2) is 9.78 Å². The zero-order chi connectivity index (χ0) is 17.3. The number of rotatable bonds is 1. The number of anilines is 1. The van der Waals surface area contributed by atoms with Gasteiger partial charge in [0.2, 0.25) is 0 Å². The Morgan fingerprint density at radius 2 is 1.92 bits per heavy atom. The van der Waals surface area contributed by atoms with Crippen molar-refractivity contribution in [3.8, 4) is 11.8 Å². The van der Waals surface area contributed by atoms with Crippen LogP contribution in [0.15, 0.2) is 36.8 Å². The molecule has 2 aromatic heterocycles. The molecule has 0 unspecified atom stereocenters. The van der Waals surface area contributed by atoms with Gasteiger partial charge in [-0.05, 0) is 32.0 Å². The highest BCUT2D eigenvalue weighted by Gasteiger charge is 2.41. The predicted molar refractivity (Wildman–Crippen MR) is 94.0 cm³/mol. The number of carbonyl (C=O) groups excluding carboxylic acids is 1. The van der Waals surface area contributed by atoms with Crippen molar-refractivity contribution < 1.29 is 4.79 Å². The molecule has 0 radical (unpaired) electrons. The van der Waals surface area contributed by atoms with Gasteiger partial charge in [0.15, 0.2) is 0 Å². The SMILES string of the molecule is CN1C(=O)N(c2ccc(C#Cc3cncc(Cl)c3)cn2)CC1(C)C. The van der Waals surface area contributed by atoms with Crippen molar-refractivity contribution in [1.82, 2.24) is 14.9 Å². The molecule has 1 fully saturated rings. The van der Waals surface area contributed by atoms with E-state index in [1.165, 1.54) is 0 Å². The molecule has 0 N–H and O–H groups in total. The van der Waals surface area contributed by atoms with Crippen LogP contribution in [0.1, 0.15) is 25.0 Å². The number of nitrogens with zero attached hydrogens (tertiary/aromatic N) is 4. The summed E-state index contributed by atoms with van der Waals surface area (Å²) in [4.78, 5) is 24.1. The molecule has 2 amide bonds. The summed E-state index contributed by atoms with van der Waals surface area (Å²) in [5.74, 6) is 6.64. The van der Waals surface area contributed by atoms with Gasteiger partial charge < -0.3 is 4.90 Å². The summed E-state index contributed by atoms with van der Waals surface area (Å²) in [6.45, 7) is 4.67. The Morgan fingerprint density at radius 1 is 1.17 bits per heavy atom. The van der Waals surface area contributed by atoms with E-state index in [0.29, 0.717) is 17.4 Å². The molecule has 0 saturated carbocycles. The molecule has 1 aliphatic rings. The van der Waals surface area contributed by atoms with Gasteiger partial charge in [0.1, 0.15) is 5.82 Å². The molecule has 0 bridgehead atoms. The van der Waals surface area contributed by atoms with Crippen LogP contribution >= 0.6 is 11.6 Å². The predicted octanol–water partition coefficient (Wildman–Crippen LogP) is 3.18. The summed E-state index contributed by atoms with van der Waals surface area (Å²) in [5, 5.41) is 0.551. The average Bonchev–Trinajstić information content (AvgIpc) is 2.77. The molecule has 1 saturated heterocycles. The molecule has 2 aromatic rings. The fraction of sp³-hybridized carbons (Fsp3) is 0.278. The Bertz CT molecular complexity index is 836. The lowest BCUT2D eigenvalue weighted by atomic mass is 10.1. The van der Waals surface area contributed by atoms with Crippen molar-refractivity contribution in [2.45, 2.75) is 19.4 Å². The smallest absolute Gasteiger partial charge is 0.320 e. The second-order valence-corrected chi connectivity index (χ2v) is 6.72. The largest absolute Gasteiger partial charge is 0.325 e. The lowest BCUT2D eigenvalue weighted by Crippen LogP contribution is -2.38. The van der Waals surface area contributed by atoms with E-state index >= 15 is 0 Å². The lowest BCUT2D eigenvalue weighted by molar-refractivity contribution is 0.198. The number of urea groups is 1. The van der Waals surface area contributed by atoms with Crippen molar-refractivity contribution in [3.05, 3.63) is 52.9 Å². The van der Waals surface area contributed by atoms with Crippen molar-refractivity contribution >= 4 is 23.4 Å². The van der Waals surface area contributed by atoms with Crippen LogP contribution in [0.5, 0.6) is 0 Å². The minimum Gasteiger partial charge on any atom is -0.320 e. The fourth-order valence-electron chi connectivity index (χ4n) is 2.42. The minimum absolute atomic E-state index is 0.0451. The molecule has 122 valence electrons. The quantitative estimate of drug-likeness (QED) is 0.749.